The number of amides is 1. The summed E-state index contributed by atoms with van der Waals surface area (Å²) in [7, 11) is -2.20. The normalized spacial score (nSPS) is 14.7. The summed E-state index contributed by atoms with van der Waals surface area (Å²) in [4.78, 5) is 13.9. The SMILES string of the molecule is CNC(=O)c1ccc(S(=O)(=O)Nc2ccccc2N2CCCCC2)cc1. The Morgan fingerprint density at radius 1 is 0.962 bits per heavy atom. The molecule has 2 N–H and O–H groups in total. The van der Waals surface area contributed by atoms with Gasteiger partial charge in [-0.05, 0) is 55.7 Å². The standard InChI is InChI=1S/C19H23N3O3S/c1-20-19(23)15-9-11-16(12-10-15)26(24,25)21-17-7-3-4-8-18(17)22-13-5-2-6-14-22/h3-4,7-12,21H,2,5-6,13-14H2,1H3,(H,20,23). The molecule has 7 heteroatoms. The third kappa shape index (κ3) is 3.99. The summed E-state index contributed by atoms with van der Waals surface area (Å²) < 4.78 is 28.2. The molecule has 0 saturated carbocycles. The lowest BCUT2D eigenvalue weighted by molar-refractivity contribution is 0.0963. The van der Waals surface area contributed by atoms with E-state index in [0.717, 1.165) is 31.6 Å². The Hall–Kier alpha value is -2.54. The van der Waals surface area contributed by atoms with E-state index < -0.39 is 10.0 Å². The summed E-state index contributed by atoms with van der Waals surface area (Å²) in [6, 6.07) is 13.3. The van der Waals surface area contributed by atoms with Gasteiger partial charge in [0, 0.05) is 25.7 Å². The van der Waals surface area contributed by atoms with Crippen LogP contribution in [0.3, 0.4) is 0 Å². The maximum absolute atomic E-state index is 12.8. The Morgan fingerprint density at radius 3 is 2.27 bits per heavy atom. The Labute approximate surface area is 154 Å². The molecule has 2 aromatic rings. The second-order valence-electron chi connectivity index (χ2n) is 6.27. The van der Waals surface area contributed by atoms with Gasteiger partial charge in [-0.1, -0.05) is 12.1 Å². The van der Waals surface area contributed by atoms with Gasteiger partial charge in [0.2, 0.25) is 0 Å². The van der Waals surface area contributed by atoms with Gasteiger partial charge in [-0.2, -0.15) is 0 Å². The first-order valence-corrected chi connectivity index (χ1v) is 10.2. The van der Waals surface area contributed by atoms with Crippen LogP contribution in [0.15, 0.2) is 53.4 Å². The molecule has 0 aliphatic carbocycles. The van der Waals surface area contributed by atoms with Gasteiger partial charge in [-0.3, -0.25) is 9.52 Å². The molecule has 0 spiro atoms. The van der Waals surface area contributed by atoms with Gasteiger partial charge in [0.1, 0.15) is 0 Å². The average Bonchev–Trinajstić information content (AvgIpc) is 2.68. The predicted octanol–water partition coefficient (Wildman–Crippen LogP) is 2.84. The molecule has 0 radical (unpaired) electrons. The van der Waals surface area contributed by atoms with Gasteiger partial charge >= 0.3 is 0 Å². The number of hydrogen-bond donors (Lipinski definition) is 2. The number of piperidine rings is 1. The van der Waals surface area contributed by atoms with Crippen molar-refractivity contribution < 1.29 is 13.2 Å². The average molecular weight is 373 g/mol. The molecule has 2 aromatic carbocycles. The Bertz CT molecular complexity index is 873. The summed E-state index contributed by atoms with van der Waals surface area (Å²) in [5.74, 6) is -0.252. The molecule has 138 valence electrons. The number of sulfonamides is 1. The Kier molecular flexibility index (Phi) is 5.46. The lowest BCUT2D eigenvalue weighted by Crippen LogP contribution is -2.30. The fourth-order valence-corrected chi connectivity index (χ4v) is 4.18. The van der Waals surface area contributed by atoms with Crippen LogP contribution in [0.4, 0.5) is 11.4 Å². The molecule has 0 atom stereocenters. The first-order valence-electron chi connectivity index (χ1n) is 8.70. The van der Waals surface area contributed by atoms with Crippen LogP contribution in [0.5, 0.6) is 0 Å². The molecule has 1 fully saturated rings. The minimum atomic E-state index is -3.73. The zero-order chi connectivity index (χ0) is 18.6. The van der Waals surface area contributed by atoms with Crippen LogP contribution >= 0.6 is 0 Å². The van der Waals surface area contributed by atoms with Crippen LogP contribution in [0.2, 0.25) is 0 Å². The fourth-order valence-electron chi connectivity index (χ4n) is 3.10. The highest BCUT2D eigenvalue weighted by molar-refractivity contribution is 7.92. The number of para-hydroxylation sites is 2. The zero-order valence-electron chi connectivity index (χ0n) is 14.7. The number of hydrogen-bond acceptors (Lipinski definition) is 4. The van der Waals surface area contributed by atoms with Crippen molar-refractivity contribution in [3.8, 4) is 0 Å². The van der Waals surface area contributed by atoms with Crippen molar-refractivity contribution in [2.75, 3.05) is 29.8 Å². The van der Waals surface area contributed by atoms with Crippen LogP contribution < -0.4 is 14.9 Å². The summed E-state index contributed by atoms with van der Waals surface area (Å²) in [6.07, 6.45) is 3.44. The smallest absolute Gasteiger partial charge is 0.261 e. The molecular formula is C19H23N3O3S. The molecule has 1 saturated heterocycles. The number of carbonyl (C=O) groups excluding carboxylic acids is 1. The van der Waals surface area contributed by atoms with E-state index in [1.807, 2.05) is 18.2 Å². The molecule has 0 aromatic heterocycles. The Morgan fingerprint density at radius 2 is 1.62 bits per heavy atom. The minimum absolute atomic E-state index is 0.124. The summed E-state index contributed by atoms with van der Waals surface area (Å²) in [6.45, 7) is 1.86. The number of nitrogens with zero attached hydrogens (tertiary/aromatic N) is 1. The first-order chi connectivity index (χ1) is 12.5. The van der Waals surface area contributed by atoms with E-state index in [-0.39, 0.29) is 10.8 Å². The largest absolute Gasteiger partial charge is 0.370 e. The van der Waals surface area contributed by atoms with Gasteiger partial charge < -0.3 is 10.2 Å². The van der Waals surface area contributed by atoms with E-state index >= 15 is 0 Å². The second kappa shape index (κ2) is 7.78. The molecule has 0 unspecified atom stereocenters. The van der Waals surface area contributed by atoms with Crippen molar-refractivity contribution in [2.24, 2.45) is 0 Å². The van der Waals surface area contributed by atoms with Crippen LogP contribution in [-0.4, -0.2) is 34.5 Å². The second-order valence-corrected chi connectivity index (χ2v) is 7.96. The zero-order valence-corrected chi connectivity index (χ0v) is 15.6. The van der Waals surface area contributed by atoms with E-state index in [1.54, 1.807) is 6.07 Å². The maximum atomic E-state index is 12.8. The van der Waals surface area contributed by atoms with E-state index in [9.17, 15) is 13.2 Å². The molecule has 0 bridgehead atoms. The third-order valence-corrected chi connectivity index (χ3v) is 5.88. The number of rotatable bonds is 5. The highest BCUT2D eigenvalue weighted by Gasteiger charge is 2.19. The molecule has 26 heavy (non-hydrogen) atoms. The van der Waals surface area contributed by atoms with E-state index in [2.05, 4.69) is 14.9 Å². The van der Waals surface area contributed by atoms with Crippen LogP contribution in [0, 0.1) is 0 Å². The van der Waals surface area contributed by atoms with Crippen molar-refractivity contribution in [3.63, 3.8) is 0 Å². The van der Waals surface area contributed by atoms with Crippen molar-refractivity contribution in [1.29, 1.82) is 0 Å². The van der Waals surface area contributed by atoms with Gasteiger partial charge in [0.05, 0.1) is 16.3 Å². The molecule has 1 heterocycles. The third-order valence-electron chi connectivity index (χ3n) is 4.50. The van der Waals surface area contributed by atoms with Crippen molar-refractivity contribution in [2.45, 2.75) is 24.2 Å². The maximum Gasteiger partial charge on any atom is 0.261 e. The number of anilines is 2. The van der Waals surface area contributed by atoms with Crippen LogP contribution in [0.25, 0.3) is 0 Å². The first kappa shape index (κ1) is 18.3. The van der Waals surface area contributed by atoms with Gasteiger partial charge in [0.15, 0.2) is 0 Å². The van der Waals surface area contributed by atoms with Crippen LogP contribution in [-0.2, 0) is 10.0 Å². The van der Waals surface area contributed by atoms with Gasteiger partial charge in [-0.25, -0.2) is 8.42 Å². The number of carbonyl (C=O) groups is 1. The summed E-state index contributed by atoms with van der Waals surface area (Å²) >= 11 is 0. The lowest BCUT2D eigenvalue weighted by atomic mass is 10.1. The molecule has 6 nitrogen and oxygen atoms in total. The van der Waals surface area contributed by atoms with Gasteiger partial charge in [0.25, 0.3) is 15.9 Å². The number of benzene rings is 2. The topological polar surface area (TPSA) is 78.5 Å². The van der Waals surface area contributed by atoms with E-state index in [4.69, 9.17) is 0 Å². The van der Waals surface area contributed by atoms with Crippen molar-refractivity contribution >= 4 is 27.3 Å². The Balaban J connectivity index is 1.85. The van der Waals surface area contributed by atoms with Crippen molar-refractivity contribution in [3.05, 3.63) is 54.1 Å². The minimum Gasteiger partial charge on any atom is -0.370 e. The predicted molar refractivity (Wildman–Crippen MR) is 103 cm³/mol. The van der Waals surface area contributed by atoms with E-state index in [0.29, 0.717) is 11.3 Å². The number of nitrogens with one attached hydrogen (secondary N) is 2. The molecule has 1 amide bonds. The monoisotopic (exact) mass is 373 g/mol. The highest BCUT2D eigenvalue weighted by atomic mass is 32.2. The summed E-state index contributed by atoms with van der Waals surface area (Å²) in [5, 5.41) is 2.51. The van der Waals surface area contributed by atoms with E-state index in [1.165, 1.54) is 37.7 Å². The fraction of sp³-hybridized carbons (Fsp3) is 0.316. The van der Waals surface area contributed by atoms with Crippen LogP contribution in [0.1, 0.15) is 29.6 Å². The molecule has 1 aliphatic heterocycles. The molecular weight excluding hydrogens is 350 g/mol. The lowest BCUT2D eigenvalue weighted by Gasteiger charge is -2.30. The highest BCUT2D eigenvalue weighted by Crippen LogP contribution is 2.30. The molecule has 1 aliphatic rings. The molecule has 3 rings (SSSR count). The summed E-state index contributed by atoms with van der Waals surface area (Å²) in [5.41, 5.74) is 1.89. The van der Waals surface area contributed by atoms with Crippen molar-refractivity contribution in [1.82, 2.24) is 5.32 Å². The van der Waals surface area contributed by atoms with Gasteiger partial charge in [-0.15, -0.1) is 0 Å². The quantitative estimate of drug-likeness (QED) is 0.845.